The summed E-state index contributed by atoms with van der Waals surface area (Å²) in [5, 5.41) is 0. The zero-order chi connectivity index (χ0) is 15.2. The molecule has 0 nitrogen and oxygen atoms in total. The fraction of sp³-hybridized carbons (Fsp3) is 1.00. The molecule has 0 N–H and O–H groups in total. The number of hydrogen-bond donors (Lipinski definition) is 0. The van der Waals surface area contributed by atoms with E-state index in [1.54, 1.807) is 0 Å². The van der Waals surface area contributed by atoms with Gasteiger partial charge in [0.25, 0.3) is 0 Å². The molecule has 0 radical (unpaired) electrons. The van der Waals surface area contributed by atoms with Crippen LogP contribution in [-0.4, -0.2) is 36.9 Å². The molecule has 0 aliphatic carbocycles. The summed E-state index contributed by atoms with van der Waals surface area (Å²) in [7, 11) is -4.78. The first kappa shape index (κ1) is 18.2. The molecule has 12 heteroatoms. The first-order valence-corrected chi connectivity index (χ1v) is 8.14. The summed E-state index contributed by atoms with van der Waals surface area (Å²) >= 11 is 8.98. The maximum atomic E-state index is 12.8. The van der Waals surface area contributed by atoms with Crippen molar-refractivity contribution < 1.29 is 39.5 Å². The summed E-state index contributed by atoms with van der Waals surface area (Å²) in [5.41, 5.74) is -5.74. The van der Waals surface area contributed by atoms with Crippen molar-refractivity contribution in [3.63, 3.8) is 0 Å². The van der Waals surface area contributed by atoms with Gasteiger partial charge in [-0.05, 0) is 6.92 Å². The van der Waals surface area contributed by atoms with Crippen LogP contribution in [0.25, 0.3) is 0 Å². The van der Waals surface area contributed by atoms with Crippen LogP contribution in [0, 0.1) is 0 Å². The average Bonchev–Trinajstić information content (AvgIpc) is 2.15. The molecule has 0 aliphatic rings. The molecule has 0 bridgehead atoms. The van der Waals surface area contributed by atoms with Gasteiger partial charge in [0, 0.05) is 0 Å². The molecule has 0 saturated carbocycles. The standard InChI is InChI=1S/C6H5Cl2F9Si/c1-2(9)3(10,11)4(12,13)5(14,15)6(16,17)18(7)8/h2,18H,1H3. The molecule has 0 saturated heterocycles. The molecule has 110 valence electrons. The fourth-order valence-electron chi connectivity index (χ4n) is 0.805. The van der Waals surface area contributed by atoms with Crippen LogP contribution >= 0.6 is 22.2 Å². The smallest absolute Gasteiger partial charge is 0.241 e. The molecule has 0 heterocycles. The molecule has 1 atom stereocenters. The Morgan fingerprint density at radius 3 is 1.39 bits per heavy atom. The van der Waals surface area contributed by atoms with Crippen LogP contribution in [0.3, 0.4) is 0 Å². The van der Waals surface area contributed by atoms with Crippen LogP contribution in [0.5, 0.6) is 0 Å². The number of rotatable bonds is 5. The lowest BCUT2D eigenvalue weighted by Crippen LogP contribution is -2.66. The highest BCUT2D eigenvalue weighted by Gasteiger charge is 2.83. The monoisotopic (exact) mass is 346 g/mol. The molecule has 0 aromatic carbocycles. The van der Waals surface area contributed by atoms with Crippen molar-refractivity contribution in [2.45, 2.75) is 36.4 Å². The third kappa shape index (κ3) is 2.42. The Kier molecular flexibility index (Phi) is 4.98. The van der Waals surface area contributed by atoms with Crippen LogP contribution < -0.4 is 0 Å². The van der Waals surface area contributed by atoms with E-state index in [0.29, 0.717) is 0 Å². The van der Waals surface area contributed by atoms with Crippen LogP contribution in [0.2, 0.25) is 0 Å². The second-order valence-corrected chi connectivity index (χ2v) is 7.93. The highest BCUT2D eigenvalue weighted by atomic mass is 35.7. The highest BCUT2D eigenvalue weighted by molar-refractivity contribution is 7.34. The molecule has 0 spiro atoms. The van der Waals surface area contributed by atoms with E-state index in [9.17, 15) is 39.5 Å². The lowest BCUT2D eigenvalue weighted by Gasteiger charge is -2.37. The van der Waals surface area contributed by atoms with Gasteiger partial charge in [-0.2, -0.15) is 26.3 Å². The molecule has 0 aromatic rings. The summed E-state index contributed by atoms with van der Waals surface area (Å²) in [5.74, 6) is -19.2. The first-order valence-electron chi connectivity index (χ1n) is 4.07. The summed E-state index contributed by atoms with van der Waals surface area (Å²) in [4.78, 5) is 0. The normalized spacial score (nSPS) is 17.2. The third-order valence-corrected chi connectivity index (χ3v) is 4.56. The maximum absolute atomic E-state index is 12.8. The Balaban J connectivity index is 5.74. The van der Waals surface area contributed by atoms with Crippen molar-refractivity contribution in [1.29, 1.82) is 0 Å². The van der Waals surface area contributed by atoms with Crippen molar-refractivity contribution in [3.05, 3.63) is 0 Å². The van der Waals surface area contributed by atoms with Gasteiger partial charge in [0.1, 0.15) is 0 Å². The Morgan fingerprint density at radius 1 is 0.833 bits per heavy atom. The second-order valence-electron chi connectivity index (χ2n) is 3.31. The maximum Gasteiger partial charge on any atom is 0.380 e. The molecule has 0 amide bonds. The minimum atomic E-state index is -6.65. The highest BCUT2D eigenvalue weighted by Crippen LogP contribution is 2.55. The van der Waals surface area contributed by atoms with Gasteiger partial charge in [-0.15, -0.1) is 22.2 Å². The van der Waals surface area contributed by atoms with Gasteiger partial charge >= 0.3 is 30.7 Å². The van der Waals surface area contributed by atoms with Crippen LogP contribution in [-0.2, 0) is 0 Å². The molecular formula is C6H5Cl2F9Si. The van der Waals surface area contributed by atoms with E-state index in [2.05, 4.69) is 22.2 Å². The van der Waals surface area contributed by atoms with Crippen molar-refractivity contribution in [2.24, 2.45) is 0 Å². The summed E-state index contributed by atoms with van der Waals surface area (Å²) in [6.07, 6.45) is -3.78. The minimum absolute atomic E-state index is 0.168. The van der Waals surface area contributed by atoms with Crippen molar-refractivity contribution in [3.8, 4) is 0 Å². The van der Waals surface area contributed by atoms with E-state index in [-0.39, 0.29) is 6.92 Å². The Hall–Kier alpha value is 0.167. The predicted molar refractivity (Wildman–Crippen MR) is 49.2 cm³/mol. The van der Waals surface area contributed by atoms with Gasteiger partial charge in [-0.25, -0.2) is 13.2 Å². The summed E-state index contributed by atoms with van der Waals surface area (Å²) in [6, 6.07) is 0. The van der Waals surface area contributed by atoms with E-state index < -0.39 is 36.9 Å². The molecule has 0 aromatic heterocycles. The molecule has 0 aliphatic heterocycles. The minimum Gasteiger partial charge on any atom is -0.241 e. The van der Waals surface area contributed by atoms with Gasteiger partial charge < -0.3 is 0 Å². The molecular weight excluding hydrogens is 342 g/mol. The topological polar surface area (TPSA) is 0 Å². The molecule has 18 heavy (non-hydrogen) atoms. The van der Waals surface area contributed by atoms with Crippen molar-refractivity contribution in [2.75, 3.05) is 0 Å². The first-order chi connectivity index (χ1) is 7.64. The summed E-state index contributed by atoms with van der Waals surface area (Å²) in [6.45, 7) is -0.168. The van der Waals surface area contributed by atoms with Crippen LogP contribution in [0.15, 0.2) is 0 Å². The predicted octanol–water partition coefficient (Wildman–Crippen LogP) is 4.12. The molecule has 1 unspecified atom stereocenters. The van der Waals surface area contributed by atoms with Gasteiger partial charge in [0.05, 0.1) is 0 Å². The zero-order valence-electron chi connectivity index (χ0n) is 8.31. The van der Waals surface area contributed by atoms with Crippen LogP contribution in [0.4, 0.5) is 39.5 Å². The van der Waals surface area contributed by atoms with E-state index in [0.717, 1.165) is 0 Å². The Bertz CT molecular complexity index is 273. The number of hydrogen-bond acceptors (Lipinski definition) is 0. The number of halogens is 11. The lowest BCUT2D eigenvalue weighted by molar-refractivity contribution is -0.358. The van der Waals surface area contributed by atoms with Gasteiger partial charge in [0.2, 0.25) is 0 Å². The third-order valence-electron chi connectivity index (χ3n) is 2.01. The van der Waals surface area contributed by atoms with Crippen LogP contribution in [0.1, 0.15) is 6.92 Å². The largest absolute Gasteiger partial charge is 0.380 e. The Labute approximate surface area is 106 Å². The van der Waals surface area contributed by atoms with Crippen molar-refractivity contribution in [1.82, 2.24) is 0 Å². The second kappa shape index (κ2) is 4.93. The van der Waals surface area contributed by atoms with E-state index >= 15 is 0 Å². The van der Waals surface area contributed by atoms with Crippen molar-refractivity contribution >= 4 is 29.6 Å². The molecule has 0 fully saturated rings. The fourth-order valence-corrected chi connectivity index (χ4v) is 2.08. The van der Waals surface area contributed by atoms with Gasteiger partial charge in [0.15, 0.2) is 6.17 Å². The summed E-state index contributed by atoms with van der Waals surface area (Å²) < 4.78 is 114. The number of alkyl halides is 9. The Morgan fingerprint density at radius 2 is 1.17 bits per heavy atom. The average molecular weight is 347 g/mol. The van der Waals surface area contributed by atoms with E-state index in [1.165, 1.54) is 0 Å². The van der Waals surface area contributed by atoms with E-state index in [1.807, 2.05) is 0 Å². The van der Waals surface area contributed by atoms with E-state index in [4.69, 9.17) is 0 Å². The van der Waals surface area contributed by atoms with Gasteiger partial charge in [-0.1, -0.05) is 0 Å². The van der Waals surface area contributed by atoms with Gasteiger partial charge in [-0.3, -0.25) is 0 Å². The zero-order valence-corrected chi connectivity index (χ0v) is 11.0. The SMILES string of the molecule is CC(F)C(F)(F)C(F)(F)C(F)(F)C(F)(F)[SiH](Cl)Cl. The molecule has 0 rings (SSSR count). The quantitative estimate of drug-likeness (QED) is 0.399. The lowest BCUT2D eigenvalue weighted by atomic mass is 10.0.